The molecule has 0 heterocycles. The van der Waals surface area contributed by atoms with Crippen molar-refractivity contribution < 1.29 is 14.7 Å². The third-order valence-electron chi connectivity index (χ3n) is 9.48. The van der Waals surface area contributed by atoms with Crippen LogP contribution in [0.4, 0.5) is 0 Å². The van der Waals surface area contributed by atoms with Crippen molar-refractivity contribution in [3.8, 4) is 0 Å². The first-order valence-electron chi connectivity index (χ1n) is 10.8. The van der Waals surface area contributed by atoms with Crippen LogP contribution in [0.2, 0.25) is 0 Å². The Kier molecular flexibility index (Phi) is 4.34. The standard InChI is InChI=1S/C24H34O3/c1-5-15-13-20-18-7-6-16-12-17(26)8-10-22(16,2)19(18)9-11-23(20,3)24(15,4)21(27)14-25/h9,12,15,18,20,25H,5-8,10-11,13-14H2,1-4H3. The van der Waals surface area contributed by atoms with Crippen LogP contribution in [0.25, 0.3) is 0 Å². The van der Waals surface area contributed by atoms with Gasteiger partial charge in [-0.3, -0.25) is 9.59 Å². The molecule has 0 spiro atoms. The molecule has 0 aromatic carbocycles. The lowest BCUT2D eigenvalue weighted by Gasteiger charge is -2.55. The van der Waals surface area contributed by atoms with Crippen LogP contribution in [0.3, 0.4) is 0 Å². The van der Waals surface area contributed by atoms with Gasteiger partial charge in [0.15, 0.2) is 11.6 Å². The molecule has 6 unspecified atom stereocenters. The Morgan fingerprint density at radius 2 is 2.00 bits per heavy atom. The fraction of sp³-hybridized carbons (Fsp3) is 0.750. The Bertz CT molecular complexity index is 747. The molecule has 2 fully saturated rings. The van der Waals surface area contributed by atoms with Crippen LogP contribution >= 0.6 is 0 Å². The van der Waals surface area contributed by atoms with Gasteiger partial charge >= 0.3 is 0 Å². The second kappa shape index (κ2) is 6.14. The predicted octanol–water partition coefficient (Wildman–Crippen LogP) is 4.64. The van der Waals surface area contributed by atoms with Crippen molar-refractivity contribution in [2.75, 3.05) is 6.61 Å². The monoisotopic (exact) mass is 370 g/mol. The summed E-state index contributed by atoms with van der Waals surface area (Å²) in [5, 5.41) is 9.73. The summed E-state index contributed by atoms with van der Waals surface area (Å²) in [6, 6.07) is 0. The maximum atomic E-state index is 12.9. The highest BCUT2D eigenvalue weighted by molar-refractivity contribution is 5.92. The van der Waals surface area contributed by atoms with Gasteiger partial charge in [0.25, 0.3) is 0 Å². The third-order valence-corrected chi connectivity index (χ3v) is 9.48. The van der Waals surface area contributed by atoms with Crippen molar-refractivity contribution in [3.05, 3.63) is 23.3 Å². The van der Waals surface area contributed by atoms with E-state index >= 15 is 0 Å². The zero-order valence-electron chi connectivity index (χ0n) is 17.3. The molecule has 4 aliphatic rings. The minimum Gasteiger partial charge on any atom is -0.389 e. The predicted molar refractivity (Wildman–Crippen MR) is 106 cm³/mol. The molecule has 148 valence electrons. The second-order valence-electron chi connectivity index (χ2n) is 10.1. The molecule has 3 nitrogen and oxygen atoms in total. The molecule has 27 heavy (non-hydrogen) atoms. The average molecular weight is 371 g/mol. The summed E-state index contributed by atoms with van der Waals surface area (Å²) in [7, 11) is 0. The van der Waals surface area contributed by atoms with E-state index in [1.807, 2.05) is 6.08 Å². The number of ketones is 2. The molecular formula is C24H34O3. The Labute approximate surface area is 163 Å². The van der Waals surface area contributed by atoms with E-state index in [1.54, 1.807) is 5.57 Å². The summed E-state index contributed by atoms with van der Waals surface area (Å²) in [5.41, 5.74) is 2.40. The molecule has 4 rings (SSSR count). The minimum atomic E-state index is -0.442. The van der Waals surface area contributed by atoms with Gasteiger partial charge in [-0.05, 0) is 61.3 Å². The SMILES string of the molecule is CCC1CC2C3CCC4=CC(=O)CCC4(C)C3=CCC2(C)C1(C)C(=O)CO. The lowest BCUT2D eigenvalue weighted by molar-refractivity contribution is -0.141. The zero-order valence-corrected chi connectivity index (χ0v) is 17.3. The number of aliphatic hydroxyl groups is 1. The van der Waals surface area contributed by atoms with Crippen LogP contribution in [-0.4, -0.2) is 23.3 Å². The summed E-state index contributed by atoms with van der Waals surface area (Å²) in [5.74, 6) is 1.68. The van der Waals surface area contributed by atoms with Gasteiger partial charge in [0.05, 0.1) is 0 Å². The number of hydrogen-bond donors (Lipinski definition) is 1. The summed E-state index contributed by atoms with van der Waals surface area (Å²) >= 11 is 0. The molecule has 6 atom stereocenters. The van der Waals surface area contributed by atoms with Crippen LogP contribution in [0, 0.1) is 34.0 Å². The highest BCUT2D eigenvalue weighted by atomic mass is 16.3. The van der Waals surface area contributed by atoms with Gasteiger partial charge in [-0.1, -0.05) is 51.3 Å². The molecule has 0 aromatic rings. The van der Waals surface area contributed by atoms with Gasteiger partial charge in [0.2, 0.25) is 0 Å². The van der Waals surface area contributed by atoms with Gasteiger partial charge in [0.1, 0.15) is 6.61 Å². The van der Waals surface area contributed by atoms with E-state index in [4.69, 9.17) is 0 Å². The first kappa shape index (κ1) is 19.1. The third kappa shape index (κ3) is 2.30. The summed E-state index contributed by atoms with van der Waals surface area (Å²) in [4.78, 5) is 24.9. The van der Waals surface area contributed by atoms with E-state index in [9.17, 15) is 14.7 Å². The smallest absolute Gasteiger partial charge is 0.164 e. The summed E-state index contributed by atoms with van der Waals surface area (Å²) < 4.78 is 0. The molecule has 1 N–H and O–H groups in total. The highest BCUT2D eigenvalue weighted by Gasteiger charge is 2.65. The normalized spacial score (nSPS) is 46.1. The van der Waals surface area contributed by atoms with Crippen molar-refractivity contribution >= 4 is 11.6 Å². The van der Waals surface area contributed by atoms with Crippen molar-refractivity contribution in [2.45, 2.75) is 72.6 Å². The van der Waals surface area contributed by atoms with Crippen LogP contribution in [0.1, 0.15) is 72.6 Å². The van der Waals surface area contributed by atoms with Gasteiger partial charge in [-0.25, -0.2) is 0 Å². The number of fused-ring (bicyclic) bond motifs is 5. The fourth-order valence-electron chi connectivity index (χ4n) is 7.54. The summed E-state index contributed by atoms with van der Waals surface area (Å²) in [6.07, 6.45) is 11.1. The van der Waals surface area contributed by atoms with Gasteiger partial charge in [-0.2, -0.15) is 0 Å². The Morgan fingerprint density at radius 3 is 2.67 bits per heavy atom. The molecule has 0 bridgehead atoms. The molecule has 4 aliphatic carbocycles. The van der Waals surface area contributed by atoms with E-state index in [2.05, 4.69) is 33.8 Å². The van der Waals surface area contributed by atoms with Crippen molar-refractivity contribution in [1.82, 2.24) is 0 Å². The average Bonchev–Trinajstić information content (AvgIpc) is 2.90. The van der Waals surface area contributed by atoms with Crippen molar-refractivity contribution in [3.63, 3.8) is 0 Å². The van der Waals surface area contributed by atoms with E-state index in [-0.39, 0.29) is 29.0 Å². The van der Waals surface area contributed by atoms with Crippen molar-refractivity contribution in [2.24, 2.45) is 34.0 Å². The first-order valence-corrected chi connectivity index (χ1v) is 10.8. The zero-order chi connectivity index (χ0) is 19.6. The van der Waals surface area contributed by atoms with Gasteiger partial charge in [0, 0.05) is 17.3 Å². The lowest BCUT2D eigenvalue weighted by Crippen LogP contribution is -2.51. The largest absolute Gasteiger partial charge is 0.389 e. The Balaban J connectivity index is 1.78. The van der Waals surface area contributed by atoms with Crippen LogP contribution in [-0.2, 0) is 9.59 Å². The van der Waals surface area contributed by atoms with Crippen molar-refractivity contribution in [1.29, 1.82) is 0 Å². The number of Topliss-reactive ketones (excluding diaryl/α,β-unsaturated/α-hetero) is 1. The van der Waals surface area contributed by atoms with E-state index in [0.717, 1.165) is 38.5 Å². The minimum absolute atomic E-state index is 0.0297. The van der Waals surface area contributed by atoms with Crippen LogP contribution < -0.4 is 0 Å². The van der Waals surface area contributed by atoms with Gasteiger partial charge in [-0.15, -0.1) is 0 Å². The molecule has 0 aromatic heterocycles. The van der Waals surface area contributed by atoms with Crippen LogP contribution in [0.5, 0.6) is 0 Å². The molecule has 0 saturated heterocycles. The summed E-state index contributed by atoms with van der Waals surface area (Å²) in [6.45, 7) is 8.64. The molecular weight excluding hydrogens is 336 g/mol. The molecule has 3 heteroatoms. The highest BCUT2D eigenvalue weighted by Crippen LogP contribution is 2.70. The number of rotatable bonds is 3. The topological polar surface area (TPSA) is 54.4 Å². The lowest BCUT2D eigenvalue weighted by atomic mass is 9.48. The Hall–Kier alpha value is -1.22. The number of hydrogen-bond acceptors (Lipinski definition) is 3. The fourth-order valence-corrected chi connectivity index (χ4v) is 7.54. The van der Waals surface area contributed by atoms with Crippen LogP contribution in [0.15, 0.2) is 23.3 Å². The molecule has 0 aliphatic heterocycles. The maximum Gasteiger partial charge on any atom is 0.164 e. The Morgan fingerprint density at radius 1 is 1.26 bits per heavy atom. The molecule has 0 amide bonds. The number of allylic oxidation sites excluding steroid dienone is 4. The van der Waals surface area contributed by atoms with E-state index < -0.39 is 5.41 Å². The van der Waals surface area contributed by atoms with Gasteiger partial charge < -0.3 is 5.11 Å². The number of carbonyl (C=O) groups is 2. The molecule has 2 saturated carbocycles. The number of carbonyl (C=O) groups excluding carboxylic acids is 2. The number of aliphatic hydroxyl groups excluding tert-OH is 1. The van der Waals surface area contributed by atoms with E-state index in [1.165, 1.54) is 5.57 Å². The first-order chi connectivity index (χ1) is 12.7. The van der Waals surface area contributed by atoms with E-state index in [0.29, 0.717) is 24.2 Å². The second-order valence-corrected chi connectivity index (χ2v) is 10.1. The maximum absolute atomic E-state index is 12.9. The quantitative estimate of drug-likeness (QED) is 0.736. The molecule has 0 radical (unpaired) electrons.